The SMILES string of the molecule is CNC(=O)C(O)(C(=O)N[C@H](Cc1ccccc1)C(O)CNC[C@H](O)[C@H](Cc1ccccc1)NC(=O)OC(C)(C)C)C(C)(C)C. The number of aliphatic hydroxyl groups excluding tert-OH is 2. The highest BCUT2D eigenvalue weighted by atomic mass is 16.6. The molecule has 5 atom stereocenters. The summed E-state index contributed by atoms with van der Waals surface area (Å²) in [4.78, 5) is 38.6. The molecular weight excluding hydrogens is 564 g/mol. The second kappa shape index (κ2) is 16.0. The lowest BCUT2D eigenvalue weighted by Crippen LogP contribution is -2.66. The summed E-state index contributed by atoms with van der Waals surface area (Å²) in [5, 5.41) is 44.4. The van der Waals surface area contributed by atoms with Crippen molar-refractivity contribution in [1.82, 2.24) is 21.3 Å². The number of hydrogen-bond donors (Lipinski definition) is 7. The summed E-state index contributed by atoms with van der Waals surface area (Å²) in [5.74, 6) is -1.80. The normalized spacial score (nSPS) is 16.0. The first-order chi connectivity index (χ1) is 20.5. The van der Waals surface area contributed by atoms with Gasteiger partial charge in [0.25, 0.3) is 11.8 Å². The van der Waals surface area contributed by atoms with Crippen molar-refractivity contribution >= 4 is 17.9 Å². The monoisotopic (exact) mass is 614 g/mol. The van der Waals surface area contributed by atoms with Gasteiger partial charge in [0.05, 0.1) is 24.3 Å². The highest BCUT2D eigenvalue weighted by Gasteiger charge is 2.53. The Morgan fingerprint density at radius 1 is 0.727 bits per heavy atom. The van der Waals surface area contributed by atoms with Crippen LogP contribution < -0.4 is 21.3 Å². The molecule has 3 amide bonds. The number of aliphatic hydroxyl groups is 3. The number of nitrogens with one attached hydrogen (secondary N) is 4. The van der Waals surface area contributed by atoms with Crippen LogP contribution in [0.4, 0.5) is 4.79 Å². The molecule has 0 aliphatic heterocycles. The molecule has 2 aromatic carbocycles. The van der Waals surface area contributed by atoms with Gasteiger partial charge in [-0.1, -0.05) is 81.4 Å². The quantitative estimate of drug-likeness (QED) is 0.158. The van der Waals surface area contributed by atoms with Crippen molar-refractivity contribution in [3.05, 3.63) is 71.8 Å². The zero-order valence-corrected chi connectivity index (χ0v) is 26.9. The third-order valence-electron chi connectivity index (χ3n) is 7.22. The molecule has 0 bridgehead atoms. The summed E-state index contributed by atoms with van der Waals surface area (Å²) < 4.78 is 5.39. The first-order valence-corrected chi connectivity index (χ1v) is 14.9. The van der Waals surface area contributed by atoms with Crippen LogP contribution in [0.15, 0.2) is 60.7 Å². The molecule has 0 saturated heterocycles. The van der Waals surface area contributed by atoms with Crippen LogP contribution in [0.1, 0.15) is 52.7 Å². The van der Waals surface area contributed by atoms with E-state index in [1.54, 1.807) is 41.5 Å². The smallest absolute Gasteiger partial charge is 0.407 e. The fourth-order valence-electron chi connectivity index (χ4n) is 4.66. The number of hydrogen-bond acceptors (Lipinski definition) is 8. The van der Waals surface area contributed by atoms with E-state index in [0.29, 0.717) is 6.42 Å². The third kappa shape index (κ3) is 10.9. The van der Waals surface area contributed by atoms with Crippen LogP contribution in [-0.2, 0) is 27.2 Å². The standard InChI is InChI=1S/C33H50N4O7/c1-31(2,3)33(43,28(40)34-7)29(41)36-24(18-22-14-10-8-11-15-22)26(38)20-35-21-27(39)25(19-23-16-12-9-13-17-23)37-30(42)44-32(4,5)6/h8-17,24-27,35,38-39,43H,18-21H2,1-7H3,(H,34,40)(H,36,41)(H,37,42)/t24-,25+,26?,27+,33?/m1/s1. The Kier molecular flexibility index (Phi) is 13.3. The minimum absolute atomic E-state index is 0.000527. The van der Waals surface area contributed by atoms with E-state index in [2.05, 4.69) is 21.3 Å². The molecule has 11 heteroatoms. The van der Waals surface area contributed by atoms with Crippen LogP contribution in [0, 0.1) is 5.41 Å². The van der Waals surface area contributed by atoms with Gasteiger partial charge in [0, 0.05) is 25.6 Å². The molecule has 0 aliphatic rings. The number of ether oxygens (including phenoxy) is 1. The minimum Gasteiger partial charge on any atom is -0.444 e. The summed E-state index contributed by atoms with van der Waals surface area (Å²) in [5.41, 5.74) is -2.56. The van der Waals surface area contributed by atoms with Crippen LogP contribution in [0.25, 0.3) is 0 Å². The van der Waals surface area contributed by atoms with Gasteiger partial charge in [0.2, 0.25) is 5.60 Å². The average molecular weight is 615 g/mol. The molecule has 0 heterocycles. The van der Waals surface area contributed by atoms with E-state index in [0.717, 1.165) is 11.1 Å². The van der Waals surface area contributed by atoms with Gasteiger partial charge < -0.3 is 41.3 Å². The van der Waals surface area contributed by atoms with E-state index in [9.17, 15) is 29.7 Å². The minimum atomic E-state index is -2.40. The van der Waals surface area contributed by atoms with E-state index in [1.165, 1.54) is 7.05 Å². The first kappa shape index (κ1) is 36.7. The number of alkyl carbamates (subject to hydrolysis) is 1. The highest BCUT2D eigenvalue weighted by Crippen LogP contribution is 2.31. The predicted octanol–water partition coefficient (Wildman–Crippen LogP) is 1.68. The molecule has 0 aliphatic carbocycles. The molecular formula is C33H50N4O7. The van der Waals surface area contributed by atoms with Gasteiger partial charge in [0.15, 0.2) is 0 Å². The lowest BCUT2D eigenvalue weighted by Gasteiger charge is -2.38. The number of amides is 3. The van der Waals surface area contributed by atoms with Crippen molar-refractivity contribution in [2.75, 3.05) is 20.1 Å². The van der Waals surface area contributed by atoms with Crippen LogP contribution >= 0.6 is 0 Å². The van der Waals surface area contributed by atoms with Crippen molar-refractivity contribution in [2.45, 2.75) is 89.9 Å². The van der Waals surface area contributed by atoms with Gasteiger partial charge in [-0.15, -0.1) is 0 Å². The van der Waals surface area contributed by atoms with Crippen molar-refractivity contribution in [3.8, 4) is 0 Å². The van der Waals surface area contributed by atoms with Gasteiger partial charge in [-0.3, -0.25) is 9.59 Å². The lowest BCUT2D eigenvalue weighted by atomic mass is 9.74. The number of benzene rings is 2. The molecule has 2 unspecified atom stereocenters. The largest absolute Gasteiger partial charge is 0.444 e. The van der Waals surface area contributed by atoms with Gasteiger partial charge >= 0.3 is 6.09 Å². The molecule has 2 aromatic rings. The maximum absolute atomic E-state index is 13.4. The fourth-order valence-corrected chi connectivity index (χ4v) is 4.66. The van der Waals surface area contributed by atoms with Crippen molar-refractivity contribution in [3.63, 3.8) is 0 Å². The van der Waals surface area contributed by atoms with Crippen molar-refractivity contribution in [1.29, 1.82) is 0 Å². The van der Waals surface area contributed by atoms with Gasteiger partial charge in [-0.05, 0) is 44.7 Å². The van der Waals surface area contributed by atoms with E-state index < -0.39 is 58.8 Å². The Bertz CT molecular complexity index is 1200. The molecule has 0 fully saturated rings. The van der Waals surface area contributed by atoms with E-state index in [-0.39, 0.29) is 19.5 Å². The average Bonchev–Trinajstić information content (AvgIpc) is 2.94. The van der Waals surface area contributed by atoms with E-state index in [4.69, 9.17) is 4.74 Å². The Hall–Kier alpha value is -3.51. The second-order valence-corrected chi connectivity index (χ2v) is 13.0. The Morgan fingerprint density at radius 2 is 1.16 bits per heavy atom. The zero-order valence-electron chi connectivity index (χ0n) is 26.9. The summed E-state index contributed by atoms with van der Waals surface area (Å²) in [6, 6.07) is 17.0. The van der Waals surface area contributed by atoms with Crippen LogP contribution in [0.5, 0.6) is 0 Å². The Morgan fingerprint density at radius 3 is 1.55 bits per heavy atom. The zero-order chi connectivity index (χ0) is 33.1. The maximum Gasteiger partial charge on any atom is 0.407 e. The maximum atomic E-state index is 13.4. The lowest BCUT2D eigenvalue weighted by molar-refractivity contribution is -0.166. The van der Waals surface area contributed by atoms with Crippen LogP contribution in [-0.4, -0.2) is 88.9 Å². The molecule has 44 heavy (non-hydrogen) atoms. The summed E-state index contributed by atoms with van der Waals surface area (Å²) >= 11 is 0. The Labute approximate surface area is 260 Å². The van der Waals surface area contributed by atoms with Gasteiger partial charge in [-0.2, -0.15) is 0 Å². The molecule has 0 radical (unpaired) electrons. The fraction of sp³-hybridized carbons (Fsp3) is 0.545. The molecule has 7 N–H and O–H groups in total. The number of rotatable bonds is 14. The van der Waals surface area contributed by atoms with Crippen LogP contribution in [0.2, 0.25) is 0 Å². The van der Waals surface area contributed by atoms with Crippen molar-refractivity contribution in [2.24, 2.45) is 5.41 Å². The molecule has 0 aromatic heterocycles. The third-order valence-corrected chi connectivity index (χ3v) is 7.22. The van der Waals surface area contributed by atoms with Crippen molar-refractivity contribution < 1.29 is 34.4 Å². The summed E-state index contributed by atoms with van der Waals surface area (Å²) in [6.45, 7) is 9.92. The number of likely N-dealkylation sites (N-methyl/N-ethyl adjacent to an activating group) is 1. The molecule has 0 spiro atoms. The topological polar surface area (TPSA) is 169 Å². The predicted molar refractivity (Wildman–Crippen MR) is 169 cm³/mol. The van der Waals surface area contributed by atoms with Gasteiger partial charge in [0.1, 0.15) is 5.60 Å². The molecule has 0 saturated carbocycles. The number of carbonyl (C=O) groups is 3. The Balaban J connectivity index is 2.17. The van der Waals surface area contributed by atoms with E-state index >= 15 is 0 Å². The second-order valence-electron chi connectivity index (χ2n) is 13.0. The molecule has 2 rings (SSSR count). The van der Waals surface area contributed by atoms with E-state index in [1.807, 2.05) is 60.7 Å². The summed E-state index contributed by atoms with van der Waals surface area (Å²) in [6.07, 6.45) is -2.35. The summed E-state index contributed by atoms with van der Waals surface area (Å²) in [7, 11) is 1.33. The molecule has 11 nitrogen and oxygen atoms in total. The number of carbonyl (C=O) groups excluding carboxylic acids is 3. The molecule has 244 valence electrons. The highest BCUT2D eigenvalue weighted by molar-refractivity contribution is 6.09. The van der Waals surface area contributed by atoms with Crippen LogP contribution in [0.3, 0.4) is 0 Å². The van der Waals surface area contributed by atoms with Gasteiger partial charge in [-0.25, -0.2) is 4.79 Å². The first-order valence-electron chi connectivity index (χ1n) is 14.9.